The van der Waals surface area contributed by atoms with Gasteiger partial charge >= 0.3 is 5.97 Å². The molecule has 6 nitrogen and oxygen atoms in total. The van der Waals surface area contributed by atoms with Crippen LogP contribution >= 0.6 is 0 Å². The number of hydrogen-bond acceptors (Lipinski definition) is 5. The number of carbonyl (C=O) groups is 2. The lowest BCUT2D eigenvalue weighted by Crippen LogP contribution is -2.45. The second-order valence-corrected chi connectivity index (χ2v) is 16.4. The summed E-state index contributed by atoms with van der Waals surface area (Å²) in [5.74, 6) is -0.0713. The zero-order chi connectivity index (χ0) is 40.1. The summed E-state index contributed by atoms with van der Waals surface area (Å²) in [6.07, 6.45) is 51.4. The van der Waals surface area contributed by atoms with Crippen LogP contribution in [0.5, 0.6) is 0 Å². The van der Waals surface area contributed by atoms with Crippen LogP contribution in [-0.4, -0.2) is 47.4 Å². The van der Waals surface area contributed by atoms with Crippen molar-refractivity contribution in [1.82, 2.24) is 5.32 Å². The molecule has 0 fully saturated rings. The molecule has 0 aromatic heterocycles. The Morgan fingerprint density at radius 1 is 0.509 bits per heavy atom. The number of esters is 1. The van der Waals surface area contributed by atoms with E-state index in [0.29, 0.717) is 25.9 Å². The van der Waals surface area contributed by atoms with Crippen molar-refractivity contribution in [1.29, 1.82) is 0 Å². The first kappa shape index (κ1) is 53.3. The third kappa shape index (κ3) is 41.8. The molecule has 6 heteroatoms. The maximum atomic E-state index is 12.4. The van der Waals surface area contributed by atoms with Crippen molar-refractivity contribution in [2.24, 2.45) is 0 Å². The predicted molar refractivity (Wildman–Crippen MR) is 236 cm³/mol. The van der Waals surface area contributed by atoms with Gasteiger partial charge in [-0.1, -0.05) is 205 Å². The highest BCUT2D eigenvalue weighted by atomic mass is 16.5. The number of rotatable bonds is 44. The van der Waals surface area contributed by atoms with E-state index in [0.717, 1.165) is 57.8 Å². The summed E-state index contributed by atoms with van der Waals surface area (Å²) in [4.78, 5) is 24.4. The van der Waals surface area contributed by atoms with E-state index in [-0.39, 0.29) is 18.5 Å². The molecule has 0 aliphatic heterocycles. The minimum Gasteiger partial charge on any atom is -0.466 e. The highest BCUT2D eigenvalue weighted by Crippen LogP contribution is 2.15. The molecule has 0 aromatic rings. The molecule has 0 radical (unpaired) electrons. The van der Waals surface area contributed by atoms with Crippen LogP contribution in [0.4, 0.5) is 0 Å². The van der Waals surface area contributed by atoms with Gasteiger partial charge in [0.15, 0.2) is 0 Å². The smallest absolute Gasteiger partial charge is 0.305 e. The molecule has 0 saturated heterocycles. The number of hydrogen-bond donors (Lipinski definition) is 3. The van der Waals surface area contributed by atoms with Gasteiger partial charge in [0.05, 0.1) is 25.4 Å². The lowest BCUT2D eigenvalue weighted by atomic mass is 10.0. The van der Waals surface area contributed by atoms with E-state index < -0.39 is 12.1 Å². The van der Waals surface area contributed by atoms with E-state index in [1.165, 1.54) is 161 Å². The number of aliphatic hydroxyl groups is 2. The summed E-state index contributed by atoms with van der Waals surface area (Å²) in [5, 5.41) is 23.0. The van der Waals surface area contributed by atoms with Crippen LogP contribution in [0, 0.1) is 0 Å². The highest BCUT2D eigenvalue weighted by Gasteiger charge is 2.20. The van der Waals surface area contributed by atoms with Crippen LogP contribution in [0.3, 0.4) is 0 Å². The second-order valence-electron chi connectivity index (χ2n) is 16.4. The molecule has 3 N–H and O–H groups in total. The largest absolute Gasteiger partial charge is 0.466 e. The number of unbranched alkanes of at least 4 members (excludes halogenated alkanes) is 29. The van der Waals surface area contributed by atoms with Crippen molar-refractivity contribution in [3.05, 3.63) is 24.3 Å². The van der Waals surface area contributed by atoms with Gasteiger partial charge in [0.1, 0.15) is 0 Å². The van der Waals surface area contributed by atoms with Crippen LogP contribution in [-0.2, 0) is 14.3 Å². The monoisotopic (exact) mass is 776 g/mol. The van der Waals surface area contributed by atoms with Crippen LogP contribution in [0.25, 0.3) is 0 Å². The first-order chi connectivity index (χ1) is 27.0. The van der Waals surface area contributed by atoms with E-state index in [9.17, 15) is 19.8 Å². The number of ether oxygens (including phenoxy) is 1. The Hall–Kier alpha value is -1.66. The summed E-state index contributed by atoms with van der Waals surface area (Å²) < 4.78 is 5.45. The Bertz CT molecular complexity index is 858. The number of allylic oxidation sites excluding steroid dienone is 4. The fourth-order valence-electron chi connectivity index (χ4n) is 7.26. The molecule has 0 aliphatic carbocycles. The van der Waals surface area contributed by atoms with Crippen molar-refractivity contribution >= 4 is 11.9 Å². The first-order valence-electron chi connectivity index (χ1n) is 24.1. The maximum Gasteiger partial charge on any atom is 0.305 e. The molecular weight excluding hydrogens is 683 g/mol. The fraction of sp³-hybridized carbons (Fsp3) is 0.878. The predicted octanol–water partition coefficient (Wildman–Crippen LogP) is 14.0. The Kier molecular flexibility index (Phi) is 43.7. The third-order valence-electron chi connectivity index (χ3n) is 11.0. The van der Waals surface area contributed by atoms with Crippen LogP contribution < -0.4 is 5.32 Å². The number of carbonyl (C=O) groups excluding carboxylic acids is 2. The SMILES string of the molecule is CCCCCC/C=C\C/C=C\CCCCCCCC(=O)OCCCCCCCCCCCCCCCC(=O)NC(CO)C(O)CCCCCCCCCCC. The summed E-state index contributed by atoms with van der Waals surface area (Å²) in [7, 11) is 0. The lowest BCUT2D eigenvalue weighted by molar-refractivity contribution is -0.143. The zero-order valence-electron chi connectivity index (χ0n) is 36.7. The van der Waals surface area contributed by atoms with Gasteiger partial charge in [0.2, 0.25) is 5.91 Å². The summed E-state index contributed by atoms with van der Waals surface area (Å²) in [6, 6.07) is -0.549. The third-order valence-corrected chi connectivity index (χ3v) is 11.0. The number of amides is 1. The first-order valence-corrected chi connectivity index (χ1v) is 24.1. The van der Waals surface area contributed by atoms with Crippen molar-refractivity contribution < 1.29 is 24.5 Å². The van der Waals surface area contributed by atoms with Crippen molar-refractivity contribution in [2.45, 2.75) is 264 Å². The van der Waals surface area contributed by atoms with Gasteiger partial charge in [-0.15, -0.1) is 0 Å². The van der Waals surface area contributed by atoms with E-state index in [1.807, 2.05) is 0 Å². The lowest BCUT2D eigenvalue weighted by Gasteiger charge is -2.22. The van der Waals surface area contributed by atoms with Gasteiger partial charge < -0.3 is 20.3 Å². The summed E-state index contributed by atoms with van der Waals surface area (Å²) in [6.45, 7) is 4.87. The molecule has 55 heavy (non-hydrogen) atoms. The van der Waals surface area contributed by atoms with Crippen molar-refractivity contribution in [3.63, 3.8) is 0 Å². The highest BCUT2D eigenvalue weighted by molar-refractivity contribution is 5.76. The van der Waals surface area contributed by atoms with Gasteiger partial charge in [0, 0.05) is 12.8 Å². The molecule has 0 aliphatic rings. The van der Waals surface area contributed by atoms with Crippen LogP contribution in [0.1, 0.15) is 251 Å². The second kappa shape index (κ2) is 45.0. The van der Waals surface area contributed by atoms with Gasteiger partial charge in [-0.2, -0.15) is 0 Å². The molecule has 0 heterocycles. The number of nitrogens with one attached hydrogen (secondary N) is 1. The average molecular weight is 776 g/mol. The Morgan fingerprint density at radius 3 is 1.40 bits per heavy atom. The average Bonchev–Trinajstić information content (AvgIpc) is 3.18. The Labute approximate surface area is 341 Å². The molecule has 0 saturated carbocycles. The minimum absolute atomic E-state index is 0.0196. The van der Waals surface area contributed by atoms with E-state index >= 15 is 0 Å². The molecule has 0 bridgehead atoms. The molecule has 0 rings (SSSR count). The fourth-order valence-corrected chi connectivity index (χ4v) is 7.26. The van der Waals surface area contributed by atoms with Gasteiger partial charge in [-0.05, 0) is 57.8 Å². The van der Waals surface area contributed by atoms with Crippen LogP contribution in [0.2, 0.25) is 0 Å². The summed E-state index contributed by atoms with van der Waals surface area (Å²) in [5.41, 5.74) is 0. The normalized spacial score (nSPS) is 12.9. The van der Waals surface area contributed by atoms with E-state index in [1.54, 1.807) is 0 Å². The Balaban J connectivity index is 3.44. The van der Waals surface area contributed by atoms with E-state index in [2.05, 4.69) is 43.5 Å². The maximum absolute atomic E-state index is 12.4. The van der Waals surface area contributed by atoms with E-state index in [4.69, 9.17) is 4.74 Å². The molecule has 1 amide bonds. The zero-order valence-corrected chi connectivity index (χ0v) is 36.7. The number of aliphatic hydroxyl groups excluding tert-OH is 2. The minimum atomic E-state index is -0.670. The molecule has 0 aromatic carbocycles. The van der Waals surface area contributed by atoms with Gasteiger partial charge in [-0.25, -0.2) is 0 Å². The molecular formula is C49H93NO5. The van der Waals surface area contributed by atoms with Crippen molar-refractivity contribution in [2.75, 3.05) is 13.2 Å². The summed E-state index contributed by atoms with van der Waals surface area (Å²) >= 11 is 0. The van der Waals surface area contributed by atoms with Crippen molar-refractivity contribution in [3.8, 4) is 0 Å². The quantitative estimate of drug-likeness (QED) is 0.0325. The molecule has 2 atom stereocenters. The van der Waals surface area contributed by atoms with Gasteiger partial charge in [0.25, 0.3) is 0 Å². The molecule has 0 spiro atoms. The van der Waals surface area contributed by atoms with Crippen LogP contribution in [0.15, 0.2) is 24.3 Å². The Morgan fingerprint density at radius 2 is 0.909 bits per heavy atom. The topological polar surface area (TPSA) is 95.9 Å². The molecule has 324 valence electrons. The molecule has 2 unspecified atom stereocenters. The van der Waals surface area contributed by atoms with Gasteiger partial charge in [-0.3, -0.25) is 9.59 Å². The standard InChI is InChI=1S/C49H93NO5/c1-3-5-7-9-11-13-14-15-16-17-20-23-27-31-35-39-43-49(54)55-44-40-36-32-28-24-21-18-19-22-26-30-34-38-42-48(53)50-46(45-51)47(52)41-37-33-29-25-12-10-8-6-4-2/h13-14,16-17,46-47,51-52H,3-12,15,18-45H2,1-2H3,(H,50,53)/b14-13-,17-16-.